The number of nitrogens with zero attached hydrogens (tertiary/aromatic N) is 2. The SMILES string of the molecule is CC.CC.CCOC(=O)CCCCCOc1ccccc1Cn1c(C(F)(F)F)cnc1-c1ccc(C)cc1. The van der Waals surface area contributed by atoms with Crippen molar-refractivity contribution in [3.8, 4) is 17.1 Å². The molecule has 5 nitrogen and oxygen atoms in total. The second kappa shape index (κ2) is 17.3. The molecule has 0 atom stereocenters. The monoisotopic (exact) mass is 534 g/mol. The van der Waals surface area contributed by atoms with E-state index in [0.717, 1.165) is 24.6 Å². The fourth-order valence-corrected chi connectivity index (χ4v) is 3.60. The zero-order chi connectivity index (χ0) is 28.6. The van der Waals surface area contributed by atoms with Crippen molar-refractivity contribution in [1.82, 2.24) is 9.55 Å². The number of aromatic nitrogens is 2. The summed E-state index contributed by atoms with van der Waals surface area (Å²) in [6.45, 7) is 12.4. The molecule has 0 spiro atoms. The first-order chi connectivity index (χ1) is 18.3. The molecule has 0 amide bonds. The summed E-state index contributed by atoms with van der Waals surface area (Å²) in [5, 5.41) is 0. The van der Waals surface area contributed by atoms with Gasteiger partial charge >= 0.3 is 12.1 Å². The van der Waals surface area contributed by atoms with Gasteiger partial charge in [-0.25, -0.2) is 4.98 Å². The number of benzene rings is 2. The van der Waals surface area contributed by atoms with Gasteiger partial charge in [-0.05, 0) is 39.2 Å². The molecule has 0 aliphatic heterocycles. The number of para-hydroxylation sites is 1. The van der Waals surface area contributed by atoms with Crippen molar-refractivity contribution in [1.29, 1.82) is 0 Å². The van der Waals surface area contributed by atoms with E-state index in [2.05, 4.69) is 4.98 Å². The number of hydrogen-bond acceptors (Lipinski definition) is 4. The Morgan fingerprint density at radius 1 is 0.947 bits per heavy atom. The molecule has 0 N–H and O–H groups in total. The number of aryl methyl sites for hydroxylation is 1. The van der Waals surface area contributed by atoms with E-state index in [1.54, 1.807) is 43.3 Å². The number of esters is 1. The van der Waals surface area contributed by atoms with Gasteiger partial charge in [-0.15, -0.1) is 0 Å². The fraction of sp³-hybridized carbons (Fsp3) is 0.467. The average Bonchev–Trinajstić information content (AvgIpc) is 3.34. The third kappa shape index (κ3) is 10.2. The van der Waals surface area contributed by atoms with Crippen LogP contribution in [-0.4, -0.2) is 28.7 Å². The standard InChI is InChI=1S/C26H29F3N2O3.2C2H6/c1-3-33-24(32)11-5-4-8-16-34-22-10-7-6-9-21(22)18-31-23(26(27,28)29)17-30-25(31)20-14-12-19(2)13-15-20;2*1-2/h6-7,9-10,12-15,17H,3-5,8,11,16,18H2,1-2H3;2*1-2H3. The lowest BCUT2D eigenvalue weighted by Gasteiger charge is -2.17. The van der Waals surface area contributed by atoms with E-state index >= 15 is 0 Å². The summed E-state index contributed by atoms with van der Waals surface area (Å²) in [7, 11) is 0. The molecule has 0 saturated heterocycles. The van der Waals surface area contributed by atoms with Crippen molar-refractivity contribution in [3.63, 3.8) is 0 Å². The molecular formula is C30H41F3N2O3. The number of carbonyl (C=O) groups is 1. The van der Waals surface area contributed by atoms with Crippen LogP contribution in [0.3, 0.4) is 0 Å². The fourth-order valence-electron chi connectivity index (χ4n) is 3.60. The Labute approximate surface area is 225 Å². The van der Waals surface area contributed by atoms with Gasteiger partial charge in [-0.2, -0.15) is 13.2 Å². The lowest BCUT2D eigenvalue weighted by molar-refractivity contribution is -0.144. The van der Waals surface area contributed by atoms with E-state index in [1.165, 1.54) is 4.57 Å². The first-order valence-corrected chi connectivity index (χ1v) is 13.4. The molecule has 0 aliphatic rings. The predicted octanol–water partition coefficient (Wildman–Crippen LogP) is 8.48. The molecule has 2 aromatic carbocycles. The number of ether oxygens (including phenoxy) is 2. The Balaban J connectivity index is 0.00000172. The molecule has 0 unspecified atom stereocenters. The minimum absolute atomic E-state index is 0.0307. The molecule has 3 aromatic rings. The van der Waals surface area contributed by atoms with Crippen molar-refractivity contribution in [2.24, 2.45) is 0 Å². The van der Waals surface area contributed by atoms with E-state index < -0.39 is 11.9 Å². The minimum Gasteiger partial charge on any atom is -0.493 e. The van der Waals surface area contributed by atoms with Gasteiger partial charge in [-0.1, -0.05) is 75.7 Å². The highest BCUT2D eigenvalue weighted by Gasteiger charge is 2.36. The van der Waals surface area contributed by atoms with Crippen molar-refractivity contribution >= 4 is 5.97 Å². The van der Waals surface area contributed by atoms with Crippen LogP contribution < -0.4 is 4.74 Å². The van der Waals surface area contributed by atoms with E-state index in [9.17, 15) is 18.0 Å². The van der Waals surface area contributed by atoms with Gasteiger partial charge < -0.3 is 14.0 Å². The lowest BCUT2D eigenvalue weighted by atomic mass is 10.1. The number of halogens is 3. The summed E-state index contributed by atoms with van der Waals surface area (Å²) < 4.78 is 53.2. The molecule has 0 aliphatic carbocycles. The van der Waals surface area contributed by atoms with Gasteiger partial charge in [0.2, 0.25) is 0 Å². The predicted molar refractivity (Wildman–Crippen MR) is 146 cm³/mol. The minimum atomic E-state index is -4.54. The normalized spacial score (nSPS) is 10.6. The van der Waals surface area contributed by atoms with Crippen molar-refractivity contribution in [2.45, 2.75) is 79.9 Å². The molecule has 3 rings (SSSR count). The number of unbranched alkanes of at least 4 members (excludes halogenated alkanes) is 2. The molecule has 0 saturated carbocycles. The zero-order valence-electron chi connectivity index (χ0n) is 23.4. The number of imidazole rings is 1. The first kappa shape index (κ1) is 32.7. The quantitative estimate of drug-likeness (QED) is 0.183. The van der Waals surface area contributed by atoms with Crippen LogP contribution in [0.25, 0.3) is 11.4 Å². The maximum atomic E-state index is 13.7. The number of hydrogen-bond donors (Lipinski definition) is 0. The van der Waals surface area contributed by atoms with Crippen LogP contribution >= 0.6 is 0 Å². The summed E-state index contributed by atoms with van der Waals surface area (Å²) in [6.07, 6.45) is -1.08. The molecule has 1 heterocycles. The molecule has 0 bridgehead atoms. The van der Waals surface area contributed by atoms with Crippen LogP contribution in [0.1, 0.15) is 77.1 Å². The number of alkyl halides is 3. The molecule has 0 radical (unpaired) electrons. The molecule has 210 valence electrons. The van der Waals surface area contributed by atoms with Gasteiger partial charge in [0, 0.05) is 17.5 Å². The maximum absolute atomic E-state index is 13.7. The van der Waals surface area contributed by atoms with Crippen molar-refractivity contribution < 1.29 is 27.4 Å². The largest absolute Gasteiger partial charge is 0.493 e. The van der Waals surface area contributed by atoms with E-state index in [-0.39, 0.29) is 18.3 Å². The third-order valence-corrected chi connectivity index (χ3v) is 5.34. The Bertz CT molecular complexity index is 1080. The van der Waals surface area contributed by atoms with Crippen LogP contribution in [0.5, 0.6) is 5.75 Å². The topological polar surface area (TPSA) is 53.4 Å². The second-order valence-electron chi connectivity index (χ2n) is 7.99. The van der Waals surface area contributed by atoms with Gasteiger partial charge in [0.25, 0.3) is 0 Å². The Morgan fingerprint density at radius 3 is 2.24 bits per heavy atom. The van der Waals surface area contributed by atoms with Crippen LogP contribution in [0.4, 0.5) is 13.2 Å². The van der Waals surface area contributed by atoms with E-state index in [0.29, 0.717) is 42.9 Å². The first-order valence-electron chi connectivity index (χ1n) is 13.4. The lowest BCUT2D eigenvalue weighted by Crippen LogP contribution is -2.15. The highest BCUT2D eigenvalue weighted by atomic mass is 19.4. The summed E-state index contributed by atoms with van der Waals surface area (Å²) >= 11 is 0. The molecule has 1 aromatic heterocycles. The summed E-state index contributed by atoms with van der Waals surface area (Å²) in [5.74, 6) is 0.574. The third-order valence-electron chi connectivity index (χ3n) is 5.34. The highest BCUT2D eigenvalue weighted by molar-refractivity contribution is 5.69. The summed E-state index contributed by atoms with van der Waals surface area (Å²) in [6, 6.07) is 14.3. The Hall–Kier alpha value is -3.29. The van der Waals surface area contributed by atoms with Crippen molar-refractivity contribution in [2.75, 3.05) is 13.2 Å². The van der Waals surface area contributed by atoms with Crippen LogP contribution in [0.2, 0.25) is 0 Å². The number of carbonyl (C=O) groups excluding carboxylic acids is 1. The van der Waals surface area contributed by atoms with Crippen LogP contribution in [0, 0.1) is 6.92 Å². The van der Waals surface area contributed by atoms with Crippen molar-refractivity contribution in [3.05, 3.63) is 71.5 Å². The maximum Gasteiger partial charge on any atom is 0.433 e. The smallest absolute Gasteiger partial charge is 0.433 e. The molecule has 0 fully saturated rings. The molecular weight excluding hydrogens is 493 g/mol. The van der Waals surface area contributed by atoms with E-state index in [1.807, 2.05) is 46.8 Å². The average molecular weight is 535 g/mol. The van der Waals surface area contributed by atoms with Gasteiger partial charge in [0.15, 0.2) is 0 Å². The van der Waals surface area contributed by atoms with Gasteiger partial charge in [0.05, 0.1) is 26.0 Å². The second-order valence-corrected chi connectivity index (χ2v) is 7.99. The number of rotatable bonds is 11. The van der Waals surface area contributed by atoms with Gasteiger partial charge in [-0.3, -0.25) is 4.79 Å². The Kier molecular flexibility index (Phi) is 14.9. The zero-order valence-corrected chi connectivity index (χ0v) is 23.4. The summed E-state index contributed by atoms with van der Waals surface area (Å²) in [4.78, 5) is 15.5. The van der Waals surface area contributed by atoms with E-state index in [4.69, 9.17) is 9.47 Å². The Morgan fingerprint density at radius 2 is 1.61 bits per heavy atom. The molecule has 8 heteroatoms. The van der Waals surface area contributed by atoms with Crippen LogP contribution in [0.15, 0.2) is 54.7 Å². The highest BCUT2D eigenvalue weighted by Crippen LogP contribution is 2.34. The summed E-state index contributed by atoms with van der Waals surface area (Å²) in [5.41, 5.74) is 1.45. The van der Waals surface area contributed by atoms with Gasteiger partial charge in [0.1, 0.15) is 17.3 Å². The van der Waals surface area contributed by atoms with Crippen LogP contribution in [-0.2, 0) is 22.3 Å². The molecule has 38 heavy (non-hydrogen) atoms.